The Hall–Kier alpha value is -3.11. The average Bonchev–Trinajstić information content (AvgIpc) is 3.11. The Kier molecular flexibility index (Phi) is 4.89. The van der Waals surface area contributed by atoms with E-state index in [9.17, 15) is 13.2 Å². The third-order valence-corrected chi connectivity index (χ3v) is 4.31. The molecule has 2 heterocycles. The van der Waals surface area contributed by atoms with Crippen LogP contribution >= 0.6 is 23.2 Å². The molecule has 4 rings (SSSR count). The number of nitrogens with one attached hydrogen (secondary N) is 2. The first kappa shape index (κ1) is 19.2. The molecule has 0 aliphatic heterocycles. The van der Waals surface area contributed by atoms with Crippen molar-refractivity contribution in [3.63, 3.8) is 0 Å². The number of rotatable bonds is 4. The van der Waals surface area contributed by atoms with Crippen molar-refractivity contribution in [1.29, 1.82) is 0 Å². The molecule has 0 saturated carbocycles. The van der Waals surface area contributed by atoms with Crippen LogP contribution in [0.5, 0.6) is 0 Å². The molecule has 0 atom stereocenters. The molecular weight excluding hydrogens is 432 g/mol. The number of halogens is 5. The fourth-order valence-electron chi connectivity index (χ4n) is 2.44. The largest absolute Gasteiger partial charge is 0.416 e. The smallest absolute Gasteiger partial charge is 0.337 e. The Bertz CT molecular complexity index is 1200. The summed E-state index contributed by atoms with van der Waals surface area (Å²) in [6.07, 6.45) is -4.49. The van der Waals surface area contributed by atoms with E-state index in [1.807, 2.05) is 0 Å². The van der Waals surface area contributed by atoms with Crippen LogP contribution in [-0.4, -0.2) is 20.3 Å². The molecule has 0 fully saturated rings. The highest BCUT2D eigenvalue weighted by Crippen LogP contribution is 2.34. The van der Waals surface area contributed by atoms with Gasteiger partial charge >= 0.3 is 6.18 Å². The van der Waals surface area contributed by atoms with Crippen molar-refractivity contribution in [2.75, 3.05) is 10.6 Å². The predicted octanol–water partition coefficient (Wildman–Crippen LogP) is 5.83. The number of benzene rings is 2. The molecule has 2 N–H and O–H groups in total. The molecular formula is C17H9Cl2F3N6O. The third-order valence-electron chi connectivity index (χ3n) is 3.75. The molecule has 148 valence electrons. The normalized spacial score (nSPS) is 11.6. The van der Waals surface area contributed by atoms with Crippen LogP contribution in [0, 0.1) is 0 Å². The van der Waals surface area contributed by atoms with Gasteiger partial charge in [-0.15, -0.1) is 0 Å². The van der Waals surface area contributed by atoms with E-state index in [1.165, 1.54) is 12.1 Å². The molecule has 2 aromatic heterocycles. The molecule has 29 heavy (non-hydrogen) atoms. The van der Waals surface area contributed by atoms with Gasteiger partial charge in [0, 0.05) is 10.7 Å². The number of anilines is 4. The predicted molar refractivity (Wildman–Crippen MR) is 102 cm³/mol. The first-order valence-corrected chi connectivity index (χ1v) is 8.72. The standard InChI is InChI=1S/C17H9Cl2F3N6O/c18-9-4-5-11(19)12(7-9)24-14-13(25-15-16(26-14)28-29-27-15)23-10-3-1-2-8(6-10)17(20,21)22/h1-7H,(H,23,25,27)(H,24,26,28). The van der Waals surface area contributed by atoms with Crippen LogP contribution in [0.1, 0.15) is 5.56 Å². The van der Waals surface area contributed by atoms with E-state index in [0.717, 1.165) is 12.1 Å². The first-order chi connectivity index (χ1) is 13.8. The van der Waals surface area contributed by atoms with Crippen LogP contribution in [0.15, 0.2) is 47.1 Å². The highest BCUT2D eigenvalue weighted by atomic mass is 35.5. The summed E-state index contributed by atoms with van der Waals surface area (Å²) in [4.78, 5) is 8.45. The summed E-state index contributed by atoms with van der Waals surface area (Å²) >= 11 is 12.2. The Morgan fingerprint density at radius 3 is 2.24 bits per heavy atom. The fraction of sp³-hybridized carbons (Fsp3) is 0.0588. The zero-order valence-corrected chi connectivity index (χ0v) is 15.6. The topological polar surface area (TPSA) is 88.8 Å². The van der Waals surface area contributed by atoms with Gasteiger partial charge in [0.05, 0.1) is 16.3 Å². The molecule has 0 radical (unpaired) electrons. The zero-order valence-electron chi connectivity index (χ0n) is 14.1. The van der Waals surface area contributed by atoms with Gasteiger partial charge in [-0.3, -0.25) is 0 Å². The Morgan fingerprint density at radius 1 is 0.862 bits per heavy atom. The summed E-state index contributed by atoms with van der Waals surface area (Å²) in [7, 11) is 0. The van der Waals surface area contributed by atoms with E-state index in [1.54, 1.807) is 18.2 Å². The van der Waals surface area contributed by atoms with Crippen LogP contribution in [0.2, 0.25) is 10.0 Å². The minimum Gasteiger partial charge on any atom is -0.337 e. The van der Waals surface area contributed by atoms with Gasteiger partial charge in [-0.05, 0) is 46.7 Å². The summed E-state index contributed by atoms with van der Waals surface area (Å²) in [5.41, 5.74) is -0.0870. The number of hydrogen-bond donors (Lipinski definition) is 2. The van der Waals surface area contributed by atoms with Crippen molar-refractivity contribution in [2.24, 2.45) is 0 Å². The molecule has 0 bridgehead atoms. The van der Waals surface area contributed by atoms with Crippen molar-refractivity contribution >= 4 is 57.5 Å². The lowest BCUT2D eigenvalue weighted by Crippen LogP contribution is -2.07. The molecule has 2 aromatic carbocycles. The van der Waals surface area contributed by atoms with Gasteiger partial charge < -0.3 is 10.6 Å². The molecule has 0 spiro atoms. The van der Waals surface area contributed by atoms with Crippen LogP contribution in [-0.2, 0) is 6.18 Å². The second-order valence-electron chi connectivity index (χ2n) is 5.78. The van der Waals surface area contributed by atoms with E-state index < -0.39 is 11.7 Å². The van der Waals surface area contributed by atoms with E-state index in [0.29, 0.717) is 15.7 Å². The summed E-state index contributed by atoms with van der Waals surface area (Å²) in [5.74, 6) is 0.221. The summed E-state index contributed by atoms with van der Waals surface area (Å²) < 4.78 is 43.6. The molecule has 4 aromatic rings. The lowest BCUT2D eigenvalue weighted by atomic mass is 10.2. The van der Waals surface area contributed by atoms with Crippen molar-refractivity contribution < 1.29 is 17.8 Å². The third kappa shape index (κ3) is 4.17. The van der Waals surface area contributed by atoms with Gasteiger partial charge in [-0.1, -0.05) is 29.3 Å². The molecule has 0 saturated heterocycles. The Labute approximate surface area is 170 Å². The Balaban J connectivity index is 1.75. The maximum absolute atomic E-state index is 13.0. The van der Waals surface area contributed by atoms with Crippen molar-refractivity contribution in [3.05, 3.63) is 58.1 Å². The summed E-state index contributed by atoms with van der Waals surface area (Å²) in [6.45, 7) is 0. The van der Waals surface area contributed by atoms with E-state index in [4.69, 9.17) is 23.2 Å². The van der Waals surface area contributed by atoms with Gasteiger partial charge in [-0.25, -0.2) is 14.6 Å². The van der Waals surface area contributed by atoms with E-state index in [2.05, 4.69) is 35.5 Å². The highest BCUT2D eigenvalue weighted by molar-refractivity contribution is 6.35. The van der Waals surface area contributed by atoms with Gasteiger partial charge in [-0.2, -0.15) is 13.2 Å². The van der Waals surface area contributed by atoms with Gasteiger partial charge in [0.2, 0.25) is 11.3 Å². The average molecular weight is 441 g/mol. The molecule has 0 unspecified atom stereocenters. The molecule has 0 aliphatic carbocycles. The van der Waals surface area contributed by atoms with Crippen molar-refractivity contribution in [3.8, 4) is 0 Å². The van der Waals surface area contributed by atoms with Crippen LogP contribution < -0.4 is 10.6 Å². The van der Waals surface area contributed by atoms with Crippen LogP contribution in [0.4, 0.5) is 36.2 Å². The number of fused-ring (bicyclic) bond motifs is 1. The number of aromatic nitrogens is 4. The SMILES string of the molecule is FC(F)(F)c1cccc(Nc2nc3nonc3nc2Nc2cc(Cl)ccc2Cl)c1. The van der Waals surface area contributed by atoms with Crippen molar-refractivity contribution in [2.45, 2.75) is 6.18 Å². The maximum atomic E-state index is 13.0. The van der Waals surface area contributed by atoms with E-state index in [-0.39, 0.29) is 28.6 Å². The fourth-order valence-corrected chi connectivity index (χ4v) is 2.78. The zero-order chi connectivity index (χ0) is 20.6. The molecule has 0 aliphatic rings. The monoisotopic (exact) mass is 440 g/mol. The minimum absolute atomic E-state index is 0.0715. The lowest BCUT2D eigenvalue weighted by molar-refractivity contribution is -0.137. The van der Waals surface area contributed by atoms with Crippen molar-refractivity contribution in [1.82, 2.24) is 20.3 Å². The highest BCUT2D eigenvalue weighted by Gasteiger charge is 2.30. The molecule has 0 amide bonds. The van der Waals surface area contributed by atoms with E-state index >= 15 is 0 Å². The van der Waals surface area contributed by atoms with Gasteiger partial charge in [0.15, 0.2) is 11.6 Å². The number of nitrogens with zero attached hydrogens (tertiary/aromatic N) is 4. The van der Waals surface area contributed by atoms with Crippen LogP contribution in [0.25, 0.3) is 11.3 Å². The quantitative estimate of drug-likeness (QED) is 0.412. The minimum atomic E-state index is -4.49. The molecule has 12 heteroatoms. The van der Waals surface area contributed by atoms with Crippen LogP contribution in [0.3, 0.4) is 0 Å². The first-order valence-electron chi connectivity index (χ1n) is 7.96. The number of alkyl halides is 3. The maximum Gasteiger partial charge on any atom is 0.416 e. The summed E-state index contributed by atoms with van der Waals surface area (Å²) in [5, 5.41) is 13.7. The van der Waals surface area contributed by atoms with Gasteiger partial charge in [0.25, 0.3) is 0 Å². The Morgan fingerprint density at radius 2 is 1.55 bits per heavy atom. The summed E-state index contributed by atoms with van der Waals surface area (Å²) in [6, 6.07) is 9.39. The molecule has 7 nitrogen and oxygen atoms in total. The van der Waals surface area contributed by atoms with Gasteiger partial charge in [0.1, 0.15) is 0 Å². The second-order valence-corrected chi connectivity index (χ2v) is 6.63. The second kappa shape index (κ2) is 7.37. The lowest BCUT2D eigenvalue weighted by Gasteiger charge is -2.14. The number of hydrogen-bond acceptors (Lipinski definition) is 7.